The molecule has 4 heteroatoms. The molecule has 16 heavy (non-hydrogen) atoms. The maximum absolute atomic E-state index is 11.5. The van der Waals surface area contributed by atoms with Gasteiger partial charge >= 0.3 is 11.9 Å². The van der Waals surface area contributed by atoms with Crippen LogP contribution < -0.4 is 0 Å². The van der Waals surface area contributed by atoms with E-state index in [9.17, 15) is 9.59 Å². The zero-order valence-corrected chi connectivity index (χ0v) is 10.2. The average Bonchev–Trinajstić information content (AvgIpc) is 2.26. The molecule has 0 aliphatic heterocycles. The Morgan fingerprint density at radius 3 is 2.38 bits per heavy atom. The summed E-state index contributed by atoms with van der Waals surface area (Å²) in [6.45, 7) is 3.54. The molecule has 1 atom stereocenters. The SMILES string of the molecule is CCCCCCC(CC)C(=O)OCC(=O)O. The van der Waals surface area contributed by atoms with Gasteiger partial charge < -0.3 is 9.84 Å². The molecule has 0 rings (SSSR count). The number of aliphatic carboxylic acids is 1. The van der Waals surface area contributed by atoms with Gasteiger partial charge in [0.2, 0.25) is 0 Å². The van der Waals surface area contributed by atoms with Crippen molar-refractivity contribution in [1.82, 2.24) is 0 Å². The van der Waals surface area contributed by atoms with Crippen molar-refractivity contribution in [1.29, 1.82) is 0 Å². The number of esters is 1. The van der Waals surface area contributed by atoms with Gasteiger partial charge in [0.15, 0.2) is 6.61 Å². The third kappa shape index (κ3) is 7.26. The van der Waals surface area contributed by atoms with Crippen LogP contribution in [0.3, 0.4) is 0 Å². The van der Waals surface area contributed by atoms with Crippen LogP contribution in [0.4, 0.5) is 0 Å². The largest absolute Gasteiger partial charge is 0.479 e. The molecule has 0 amide bonds. The van der Waals surface area contributed by atoms with Crippen LogP contribution in [-0.4, -0.2) is 23.7 Å². The van der Waals surface area contributed by atoms with E-state index >= 15 is 0 Å². The number of carboxylic acid groups (broad SMARTS) is 1. The van der Waals surface area contributed by atoms with Crippen molar-refractivity contribution in [2.75, 3.05) is 6.61 Å². The fourth-order valence-electron chi connectivity index (χ4n) is 1.56. The summed E-state index contributed by atoms with van der Waals surface area (Å²) < 4.78 is 4.68. The molecule has 0 aliphatic rings. The Morgan fingerprint density at radius 2 is 1.88 bits per heavy atom. The minimum absolute atomic E-state index is 0.142. The molecule has 0 aromatic heterocycles. The summed E-state index contributed by atoms with van der Waals surface area (Å²) >= 11 is 0. The molecule has 0 aromatic carbocycles. The van der Waals surface area contributed by atoms with Gasteiger partial charge in [-0.05, 0) is 12.8 Å². The van der Waals surface area contributed by atoms with E-state index in [4.69, 9.17) is 5.11 Å². The van der Waals surface area contributed by atoms with E-state index in [1.807, 2.05) is 6.92 Å². The molecule has 1 N–H and O–H groups in total. The van der Waals surface area contributed by atoms with Crippen LogP contribution >= 0.6 is 0 Å². The maximum Gasteiger partial charge on any atom is 0.341 e. The molecule has 0 fully saturated rings. The molecule has 0 bridgehead atoms. The minimum Gasteiger partial charge on any atom is -0.479 e. The Bertz CT molecular complexity index is 213. The molecule has 0 saturated heterocycles. The molecule has 0 heterocycles. The first-order valence-corrected chi connectivity index (χ1v) is 6.00. The quantitative estimate of drug-likeness (QED) is 0.488. The Balaban J connectivity index is 3.78. The maximum atomic E-state index is 11.5. The topological polar surface area (TPSA) is 63.6 Å². The zero-order chi connectivity index (χ0) is 12.4. The molecule has 0 aliphatic carbocycles. The monoisotopic (exact) mass is 230 g/mol. The predicted molar refractivity (Wildman–Crippen MR) is 61.1 cm³/mol. The fraction of sp³-hybridized carbons (Fsp3) is 0.833. The van der Waals surface area contributed by atoms with Crippen molar-refractivity contribution < 1.29 is 19.4 Å². The van der Waals surface area contributed by atoms with Crippen molar-refractivity contribution >= 4 is 11.9 Å². The summed E-state index contributed by atoms with van der Waals surface area (Å²) in [6.07, 6.45) is 5.99. The van der Waals surface area contributed by atoms with Crippen LogP contribution in [-0.2, 0) is 14.3 Å². The van der Waals surface area contributed by atoms with Gasteiger partial charge in [0.1, 0.15) is 0 Å². The lowest BCUT2D eigenvalue weighted by atomic mass is 9.98. The van der Waals surface area contributed by atoms with Crippen LogP contribution in [0.5, 0.6) is 0 Å². The van der Waals surface area contributed by atoms with Crippen molar-refractivity contribution in [3.8, 4) is 0 Å². The van der Waals surface area contributed by atoms with Gasteiger partial charge in [0.05, 0.1) is 5.92 Å². The van der Waals surface area contributed by atoms with Crippen LogP contribution in [0.15, 0.2) is 0 Å². The van der Waals surface area contributed by atoms with E-state index in [1.54, 1.807) is 0 Å². The van der Waals surface area contributed by atoms with E-state index in [1.165, 1.54) is 12.8 Å². The highest BCUT2D eigenvalue weighted by atomic mass is 16.5. The second-order valence-electron chi connectivity index (χ2n) is 3.96. The van der Waals surface area contributed by atoms with Gasteiger partial charge in [-0.2, -0.15) is 0 Å². The number of ether oxygens (including phenoxy) is 1. The summed E-state index contributed by atoms with van der Waals surface area (Å²) in [5.74, 6) is -1.62. The van der Waals surface area contributed by atoms with Crippen molar-refractivity contribution in [3.63, 3.8) is 0 Å². The number of carbonyl (C=O) groups excluding carboxylic acids is 1. The highest BCUT2D eigenvalue weighted by molar-refractivity contribution is 5.76. The third-order valence-electron chi connectivity index (χ3n) is 2.57. The molecule has 94 valence electrons. The summed E-state index contributed by atoms with van der Waals surface area (Å²) in [4.78, 5) is 21.7. The molecule has 4 nitrogen and oxygen atoms in total. The van der Waals surface area contributed by atoms with Crippen LogP contribution in [0.2, 0.25) is 0 Å². The summed E-state index contributed by atoms with van der Waals surface area (Å²) in [5, 5.41) is 8.39. The van der Waals surface area contributed by atoms with Crippen LogP contribution in [0, 0.1) is 5.92 Å². The van der Waals surface area contributed by atoms with Gasteiger partial charge in [-0.3, -0.25) is 4.79 Å². The molecular formula is C12H22O4. The first-order chi connectivity index (χ1) is 7.61. The Labute approximate surface area is 97.0 Å². The van der Waals surface area contributed by atoms with E-state index in [2.05, 4.69) is 11.7 Å². The Morgan fingerprint density at radius 1 is 1.19 bits per heavy atom. The second-order valence-corrected chi connectivity index (χ2v) is 3.96. The third-order valence-corrected chi connectivity index (χ3v) is 2.57. The summed E-state index contributed by atoms with van der Waals surface area (Å²) in [7, 11) is 0. The molecular weight excluding hydrogens is 208 g/mol. The second kappa shape index (κ2) is 9.19. The molecule has 0 saturated carbocycles. The van der Waals surface area contributed by atoms with E-state index in [0.717, 1.165) is 19.3 Å². The first kappa shape index (κ1) is 14.9. The van der Waals surface area contributed by atoms with Crippen LogP contribution in [0.25, 0.3) is 0 Å². The van der Waals surface area contributed by atoms with Gasteiger partial charge in [-0.1, -0.05) is 39.5 Å². The van der Waals surface area contributed by atoms with Crippen molar-refractivity contribution in [2.45, 2.75) is 52.4 Å². The highest BCUT2D eigenvalue weighted by Crippen LogP contribution is 2.15. The number of hydrogen-bond donors (Lipinski definition) is 1. The molecule has 0 spiro atoms. The lowest BCUT2D eigenvalue weighted by Crippen LogP contribution is -2.20. The van der Waals surface area contributed by atoms with Gasteiger partial charge in [0, 0.05) is 0 Å². The minimum atomic E-state index is -1.10. The lowest BCUT2D eigenvalue weighted by Gasteiger charge is -2.12. The van der Waals surface area contributed by atoms with Crippen molar-refractivity contribution in [2.24, 2.45) is 5.92 Å². The van der Waals surface area contributed by atoms with Gasteiger partial charge in [0.25, 0.3) is 0 Å². The fourth-order valence-corrected chi connectivity index (χ4v) is 1.56. The average molecular weight is 230 g/mol. The zero-order valence-electron chi connectivity index (χ0n) is 10.2. The molecule has 0 aromatic rings. The summed E-state index contributed by atoms with van der Waals surface area (Å²) in [6, 6.07) is 0. The first-order valence-electron chi connectivity index (χ1n) is 6.00. The standard InChI is InChI=1S/C12H22O4/c1-3-5-6-7-8-10(4-2)12(15)16-9-11(13)14/h10H,3-9H2,1-2H3,(H,13,14). The summed E-state index contributed by atoms with van der Waals surface area (Å²) in [5.41, 5.74) is 0. The predicted octanol–water partition coefficient (Wildman–Crippen LogP) is 2.61. The Hall–Kier alpha value is -1.06. The normalized spacial score (nSPS) is 12.1. The van der Waals surface area contributed by atoms with E-state index in [0.29, 0.717) is 6.42 Å². The van der Waals surface area contributed by atoms with Gasteiger partial charge in [-0.25, -0.2) is 4.79 Å². The number of hydrogen-bond acceptors (Lipinski definition) is 3. The van der Waals surface area contributed by atoms with Gasteiger partial charge in [-0.15, -0.1) is 0 Å². The number of rotatable bonds is 9. The Kier molecular flexibility index (Phi) is 8.58. The van der Waals surface area contributed by atoms with Crippen LogP contribution in [0.1, 0.15) is 52.4 Å². The lowest BCUT2D eigenvalue weighted by molar-refractivity contribution is -0.158. The molecule has 1 unspecified atom stereocenters. The number of unbranched alkanes of at least 4 members (excludes halogenated alkanes) is 3. The van der Waals surface area contributed by atoms with E-state index < -0.39 is 12.6 Å². The highest BCUT2D eigenvalue weighted by Gasteiger charge is 2.18. The smallest absolute Gasteiger partial charge is 0.341 e. The van der Waals surface area contributed by atoms with E-state index in [-0.39, 0.29) is 11.9 Å². The number of carbonyl (C=O) groups is 2. The number of carboxylic acids is 1. The molecule has 0 radical (unpaired) electrons. The van der Waals surface area contributed by atoms with Crippen molar-refractivity contribution in [3.05, 3.63) is 0 Å².